The number of hydrogen-bond acceptors (Lipinski definition) is 3. The van der Waals surface area contributed by atoms with Crippen LogP contribution in [0.4, 0.5) is 4.39 Å². The normalized spacial score (nSPS) is 11.2. The van der Waals surface area contributed by atoms with Crippen LogP contribution < -0.4 is 4.74 Å². The van der Waals surface area contributed by atoms with Gasteiger partial charge in [-0.1, -0.05) is 6.07 Å². The van der Waals surface area contributed by atoms with Crippen molar-refractivity contribution in [2.75, 3.05) is 0 Å². The molecule has 0 aromatic heterocycles. The van der Waals surface area contributed by atoms with Gasteiger partial charge in [0.1, 0.15) is 0 Å². The molecule has 0 aliphatic heterocycles. The van der Waals surface area contributed by atoms with Crippen LogP contribution in [0.3, 0.4) is 0 Å². The number of ether oxygens (including phenoxy) is 1. The number of benzene rings is 1. The maximum Gasteiger partial charge on any atom is 0.347 e. The number of thiol groups is 1. The average molecular weight is 244 g/mol. The van der Waals surface area contributed by atoms with Gasteiger partial charge in [-0.2, -0.15) is 12.6 Å². The maximum atomic E-state index is 13.4. The number of rotatable bonds is 4. The van der Waals surface area contributed by atoms with E-state index in [1.165, 1.54) is 26.0 Å². The second-order valence-corrected chi connectivity index (χ2v) is 4.16. The van der Waals surface area contributed by atoms with E-state index in [2.05, 4.69) is 12.6 Å². The Morgan fingerprint density at radius 2 is 2.19 bits per heavy atom. The first-order chi connectivity index (χ1) is 7.36. The van der Waals surface area contributed by atoms with Crippen molar-refractivity contribution in [3.05, 3.63) is 29.6 Å². The lowest BCUT2D eigenvalue weighted by atomic mass is 10.1. The fourth-order valence-electron chi connectivity index (χ4n) is 1.04. The van der Waals surface area contributed by atoms with E-state index in [-0.39, 0.29) is 5.75 Å². The van der Waals surface area contributed by atoms with Crippen molar-refractivity contribution in [3.8, 4) is 5.75 Å². The van der Waals surface area contributed by atoms with Gasteiger partial charge in [-0.3, -0.25) is 0 Å². The van der Waals surface area contributed by atoms with Gasteiger partial charge in [-0.25, -0.2) is 9.18 Å². The van der Waals surface area contributed by atoms with Crippen LogP contribution in [-0.2, 0) is 10.5 Å². The van der Waals surface area contributed by atoms with E-state index in [4.69, 9.17) is 9.84 Å². The third kappa shape index (κ3) is 2.88. The molecule has 0 saturated heterocycles. The van der Waals surface area contributed by atoms with Crippen molar-refractivity contribution in [1.82, 2.24) is 0 Å². The van der Waals surface area contributed by atoms with Crippen LogP contribution >= 0.6 is 12.6 Å². The van der Waals surface area contributed by atoms with Crippen LogP contribution in [0.15, 0.2) is 18.2 Å². The highest BCUT2D eigenvalue weighted by atomic mass is 32.1. The average Bonchev–Trinajstić information content (AvgIpc) is 2.21. The van der Waals surface area contributed by atoms with Gasteiger partial charge in [0.25, 0.3) is 0 Å². The van der Waals surface area contributed by atoms with E-state index >= 15 is 0 Å². The Hall–Kier alpha value is -1.23. The lowest BCUT2D eigenvalue weighted by Crippen LogP contribution is -2.38. The second-order valence-electron chi connectivity index (χ2n) is 3.84. The molecule has 1 aromatic carbocycles. The minimum atomic E-state index is -1.46. The van der Waals surface area contributed by atoms with Crippen LogP contribution in [0, 0.1) is 5.82 Å². The summed E-state index contributed by atoms with van der Waals surface area (Å²) < 4.78 is 18.5. The highest BCUT2D eigenvalue weighted by Crippen LogP contribution is 2.24. The molecule has 0 radical (unpaired) electrons. The highest BCUT2D eigenvalue weighted by molar-refractivity contribution is 7.79. The molecule has 0 aliphatic rings. The van der Waals surface area contributed by atoms with E-state index < -0.39 is 17.4 Å². The molecule has 0 fully saturated rings. The summed E-state index contributed by atoms with van der Waals surface area (Å²) in [7, 11) is 0. The molecule has 88 valence electrons. The Morgan fingerprint density at radius 1 is 1.56 bits per heavy atom. The zero-order chi connectivity index (χ0) is 12.3. The zero-order valence-electron chi connectivity index (χ0n) is 9.03. The highest BCUT2D eigenvalue weighted by Gasteiger charge is 2.30. The lowest BCUT2D eigenvalue weighted by molar-refractivity contribution is -0.152. The number of aliphatic carboxylic acids is 1. The number of halogens is 1. The Morgan fingerprint density at radius 3 is 2.69 bits per heavy atom. The predicted octanol–water partition coefficient (Wildman–Crippen LogP) is 2.50. The quantitative estimate of drug-likeness (QED) is 0.800. The number of carbonyl (C=O) groups is 1. The zero-order valence-corrected chi connectivity index (χ0v) is 9.92. The number of carboxylic acids is 1. The third-order valence-electron chi connectivity index (χ3n) is 2.06. The summed E-state index contributed by atoms with van der Waals surface area (Å²) in [6.07, 6.45) is 0. The topological polar surface area (TPSA) is 46.5 Å². The standard InChI is InChI=1S/C11H13FO3S/c1-11(2,10(13)14)15-9-5-7(6-16)3-4-8(9)12/h3-5,16H,6H2,1-2H3,(H,13,14). The minimum absolute atomic E-state index is 0.0704. The Balaban J connectivity index is 3.00. The summed E-state index contributed by atoms with van der Waals surface area (Å²) in [5, 5.41) is 8.86. The molecular weight excluding hydrogens is 231 g/mol. The summed E-state index contributed by atoms with van der Waals surface area (Å²) >= 11 is 4.05. The molecular formula is C11H13FO3S. The Kier molecular flexibility index (Phi) is 3.80. The van der Waals surface area contributed by atoms with Crippen LogP contribution in [-0.4, -0.2) is 16.7 Å². The molecule has 0 bridgehead atoms. The molecule has 0 unspecified atom stereocenters. The summed E-state index contributed by atoms with van der Waals surface area (Å²) in [6, 6.07) is 4.26. The number of hydrogen-bond donors (Lipinski definition) is 2. The van der Waals surface area contributed by atoms with E-state index in [0.717, 1.165) is 5.56 Å². The molecule has 5 heteroatoms. The van der Waals surface area contributed by atoms with Crippen molar-refractivity contribution in [3.63, 3.8) is 0 Å². The molecule has 0 amide bonds. The molecule has 0 atom stereocenters. The molecule has 0 saturated carbocycles. The summed E-state index contributed by atoms with van der Waals surface area (Å²) in [5.41, 5.74) is -0.697. The van der Waals surface area contributed by atoms with Crippen molar-refractivity contribution in [2.24, 2.45) is 0 Å². The fraction of sp³-hybridized carbons (Fsp3) is 0.364. The first-order valence-electron chi connectivity index (χ1n) is 4.68. The molecule has 3 nitrogen and oxygen atoms in total. The lowest BCUT2D eigenvalue weighted by Gasteiger charge is -2.22. The molecule has 16 heavy (non-hydrogen) atoms. The largest absolute Gasteiger partial charge is 0.478 e. The van der Waals surface area contributed by atoms with E-state index in [1.807, 2.05) is 0 Å². The molecule has 1 aromatic rings. The minimum Gasteiger partial charge on any atom is -0.478 e. The summed E-state index contributed by atoms with van der Waals surface area (Å²) in [4.78, 5) is 10.8. The van der Waals surface area contributed by atoms with Gasteiger partial charge < -0.3 is 9.84 Å². The molecule has 1 N–H and O–H groups in total. The van der Waals surface area contributed by atoms with Crippen molar-refractivity contribution >= 4 is 18.6 Å². The van der Waals surface area contributed by atoms with Gasteiger partial charge in [-0.15, -0.1) is 0 Å². The molecule has 0 spiro atoms. The number of carboxylic acid groups (broad SMARTS) is 1. The molecule has 0 aliphatic carbocycles. The van der Waals surface area contributed by atoms with Gasteiger partial charge in [0.05, 0.1) is 0 Å². The van der Waals surface area contributed by atoms with Crippen molar-refractivity contribution in [2.45, 2.75) is 25.2 Å². The van der Waals surface area contributed by atoms with E-state index in [1.54, 1.807) is 6.07 Å². The van der Waals surface area contributed by atoms with Crippen molar-refractivity contribution in [1.29, 1.82) is 0 Å². The monoisotopic (exact) mass is 244 g/mol. The van der Waals surface area contributed by atoms with E-state index in [9.17, 15) is 9.18 Å². The van der Waals surface area contributed by atoms with Gasteiger partial charge in [-0.05, 0) is 31.5 Å². The molecule has 1 rings (SSSR count). The van der Waals surface area contributed by atoms with Crippen molar-refractivity contribution < 1.29 is 19.0 Å². The fourth-order valence-corrected chi connectivity index (χ4v) is 1.24. The van der Waals surface area contributed by atoms with Crippen LogP contribution in [0.25, 0.3) is 0 Å². The van der Waals surface area contributed by atoms with Gasteiger partial charge >= 0.3 is 5.97 Å². The SMILES string of the molecule is CC(C)(Oc1cc(CS)ccc1F)C(=O)O. The Bertz CT molecular complexity index is 404. The third-order valence-corrected chi connectivity index (χ3v) is 2.42. The smallest absolute Gasteiger partial charge is 0.347 e. The van der Waals surface area contributed by atoms with Crippen LogP contribution in [0.5, 0.6) is 5.75 Å². The Labute approximate surface area is 98.6 Å². The summed E-state index contributed by atoms with van der Waals surface area (Å²) in [6.45, 7) is 2.73. The summed E-state index contributed by atoms with van der Waals surface area (Å²) in [5.74, 6) is -1.37. The van der Waals surface area contributed by atoms with Crippen LogP contribution in [0.1, 0.15) is 19.4 Å². The van der Waals surface area contributed by atoms with Gasteiger partial charge in [0, 0.05) is 5.75 Å². The first kappa shape index (κ1) is 12.8. The first-order valence-corrected chi connectivity index (χ1v) is 5.32. The van der Waals surface area contributed by atoms with E-state index in [0.29, 0.717) is 5.75 Å². The second kappa shape index (κ2) is 4.74. The predicted molar refractivity (Wildman–Crippen MR) is 61.4 cm³/mol. The van der Waals surface area contributed by atoms with Crippen LogP contribution in [0.2, 0.25) is 0 Å². The maximum absolute atomic E-state index is 13.4. The molecule has 0 heterocycles. The van der Waals surface area contributed by atoms with Gasteiger partial charge in [0.2, 0.25) is 0 Å². The van der Waals surface area contributed by atoms with Gasteiger partial charge in [0.15, 0.2) is 17.2 Å².